The van der Waals surface area contributed by atoms with Crippen molar-refractivity contribution < 1.29 is 8.42 Å². The molecule has 0 fully saturated rings. The predicted octanol–water partition coefficient (Wildman–Crippen LogP) is 1.38. The predicted molar refractivity (Wildman–Crippen MR) is 68.6 cm³/mol. The molecule has 2 rings (SSSR count). The van der Waals surface area contributed by atoms with E-state index in [0.717, 1.165) is 0 Å². The van der Waals surface area contributed by atoms with Crippen LogP contribution in [0.5, 0.6) is 0 Å². The summed E-state index contributed by atoms with van der Waals surface area (Å²) in [5.74, 6) is 0. The Bertz CT molecular complexity index is 636. The number of hydrogen-bond acceptors (Lipinski definition) is 4. The standard InChI is InChI=1S/C10H11ClN4O2S/c1-15-7-10(6-12-15)18(16,17)14-13-9-4-2-8(11)3-5-9/h2-7,13-14H,1H3. The van der Waals surface area contributed by atoms with Crippen molar-refractivity contribution in [3.05, 3.63) is 41.7 Å². The molecule has 0 saturated carbocycles. The second-order valence-corrected chi connectivity index (χ2v) is 5.71. The highest BCUT2D eigenvalue weighted by atomic mass is 35.5. The van der Waals surface area contributed by atoms with Crippen molar-refractivity contribution >= 4 is 27.3 Å². The van der Waals surface area contributed by atoms with E-state index >= 15 is 0 Å². The molecular formula is C10H11ClN4O2S. The molecule has 2 N–H and O–H groups in total. The average molecular weight is 287 g/mol. The number of halogens is 1. The zero-order valence-electron chi connectivity index (χ0n) is 9.46. The van der Waals surface area contributed by atoms with E-state index in [1.165, 1.54) is 17.1 Å². The molecule has 1 heterocycles. The molecule has 0 bridgehead atoms. The molecule has 96 valence electrons. The second kappa shape index (κ2) is 4.97. The van der Waals surface area contributed by atoms with Gasteiger partial charge in [-0.2, -0.15) is 5.10 Å². The average Bonchev–Trinajstić information content (AvgIpc) is 2.76. The van der Waals surface area contributed by atoms with Crippen LogP contribution in [0.4, 0.5) is 5.69 Å². The van der Waals surface area contributed by atoms with Gasteiger partial charge in [0.25, 0.3) is 10.0 Å². The number of sulfonamides is 1. The van der Waals surface area contributed by atoms with Crippen molar-refractivity contribution in [3.63, 3.8) is 0 Å². The first-order valence-corrected chi connectivity index (χ1v) is 6.85. The Kier molecular flexibility index (Phi) is 3.55. The number of aromatic nitrogens is 2. The van der Waals surface area contributed by atoms with Crippen LogP contribution < -0.4 is 10.3 Å². The van der Waals surface area contributed by atoms with Crippen molar-refractivity contribution in [1.29, 1.82) is 0 Å². The lowest BCUT2D eigenvalue weighted by Gasteiger charge is -2.07. The lowest BCUT2D eigenvalue weighted by molar-refractivity contribution is 0.587. The molecule has 6 nitrogen and oxygen atoms in total. The molecule has 0 aliphatic carbocycles. The minimum Gasteiger partial charge on any atom is -0.308 e. The Morgan fingerprint density at radius 1 is 1.28 bits per heavy atom. The topological polar surface area (TPSA) is 76.0 Å². The summed E-state index contributed by atoms with van der Waals surface area (Å²) in [4.78, 5) is 2.34. The highest BCUT2D eigenvalue weighted by Gasteiger charge is 2.15. The van der Waals surface area contributed by atoms with Gasteiger partial charge in [-0.3, -0.25) is 4.68 Å². The normalized spacial score (nSPS) is 11.4. The third-order valence-corrected chi connectivity index (χ3v) is 3.62. The van der Waals surface area contributed by atoms with Crippen LogP contribution in [0.3, 0.4) is 0 Å². The second-order valence-electron chi connectivity index (χ2n) is 3.59. The van der Waals surface area contributed by atoms with E-state index in [1.54, 1.807) is 31.3 Å². The third kappa shape index (κ3) is 3.00. The van der Waals surface area contributed by atoms with E-state index in [2.05, 4.69) is 15.4 Å². The smallest absolute Gasteiger partial charge is 0.260 e. The molecule has 0 atom stereocenters. The summed E-state index contributed by atoms with van der Waals surface area (Å²) in [6.45, 7) is 0. The fourth-order valence-electron chi connectivity index (χ4n) is 1.26. The zero-order valence-corrected chi connectivity index (χ0v) is 11.0. The number of nitrogens with zero attached hydrogens (tertiary/aromatic N) is 2. The third-order valence-electron chi connectivity index (χ3n) is 2.17. The van der Waals surface area contributed by atoms with E-state index in [0.29, 0.717) is 10.7 Å². The number of benzene rings is 1. The Morgan fingerprint density at radius 2 is 1.94 bits per heavy atom. The number of nitrogens with one attached hydrogen (secondary N) is 2. The molecule has 0 unspecified atom stereocenters. The van der Waals surface area contributed by atoms with Gasteiger partial charge < -0.3 is 5.43 Å². The van der Waals surface area contributed by atoms with Gasteiger partial charge in [-0.05, 0) is 24.3 Å². The number of hydrazine groups is 1. The van der Waals surface area contributed by atoms with Crippen LogP contribution in [-0.4, -0.2) is 18.2 Å². The van der Waals surface area contributed by atoms with Crippen molar-refractivity contribution in [3.8, 4) is 0 Å². The molecule has 0 saturated heterocycles. The Hall–Kier alpha value is -1.57. The van der Waals surface area contributed by atoms with Crippen molar-refractivity contribution in [1.82, 2.24) is 14.6 Å². The van der Waals surface area contributed by atoms with Crippen molar-refractivity contribution in [2.24, 2.45) is 7.05 Å². The van der Waals surface area contributed by atoms with Crippen molar-refractivity contribution in [2.45, 2.75) is 4.90 Å². The summed E-state index contributed by atoms with van der Waals surface area (Å²) in [6, 6.07) is 6.63. The summed E-state index contributed by atoms with van der Waals surface area (Å²) < 4.78 is 25.1. The molecule has 0 spiro atoms. The minimum atomic E-state index is -3.63. The maximum Gasteiger partial charge on any atom is 0.260 e. The van der Waals surface area contributed by atoms with Crippen molar-refractivity contribution in [2.75, 3.05) is 5.43 Å². The number of hydrogen-bond donors (Lipinski definition) is 2. The Balaban J connectivity index is 2.08. The van der Waals surface area contributed by atoms with E-state index in [-0.39, 0.29) is 4.90 Å². The quantitative estimate of drug-likeness (QED) is 0.833. The first-order chi connectivity index (χ1) is 8.47. The Morgan fingerprint density at radius 3 is 2.50 bits per heavy atom. The fraction of sp³-hybridized carbons (Fsp3) is 0.100. The van der Waals surface area contributed by atoms with Crippen LogP contribution in [-0.2, 0) is 17.1 Å². The van der Waals surface area contributed by atoms with Crippen LogP contribution in [0.25, 0.3) is 0 Å². The number of aryl methyl sites for hydroxylation is 1. The van der Waals surface area contributed by atoms with Gasteiger partial charge in [0.05, 0.1) is 6.20 Å². The molecule has 1 aromatic carbocycles. The summed E-state index contributed by atoms with van der Waals surface area (Å²) in [5, 5.41) is 4.38. The van der Waals surface area contributed by atoms with Crippen LogP contribution in [0.1, 0.15) is 0 Å². The molecule has 2 aromatic rings. The van der Waals surface area contributed by atoms with Gasteiger partial charge >= 0.3 is 0 Å². The van der Waals surface area contributed by atoms with Gasteiger partial charge in [0.2, 0.25) is 0 Å². The summed E-state index contributed by atoms with van der Waals surface area (Å²) in [7, 11) is -1.98. The molecular weight excluding hydrogens is 276 g/mol. The lowest BCUT2D eigenvalue weighted by Crippen LogP contribution is -2.29. The zero-order chi connectivity index (χ0) is 13.2. The van der Waals surface area contributed by atoms with Gasteiger partial charge in [0, 0.05) is 24.0 Å². The van der Waals surface area contributed by atoms with Gasteiger partial charge in [-0.15, -0.1) is 4.83 Å². The number of anilines is 1. The molecule has 0 amide bonds. The Labute approximate surface area is 110 Å². The van der Waals surface area contributed by atoms with E-state index in [1.807, 2.05) is 0 Å². The van der Waals surface area contributed by atoms with Crippen LogP contribution in [0.15, 0.2) is 41.6 Å². The van der Waals surface area contributed by atoms with Crippen LogP contribution in [0, 0.1) is 0 Å². The van der Waals surface area contributed by atoms with E-state index in [9.17, 15) is 8.42 Å². The summed E-state index contributed by atoms with van der Waals surface area (Å²) in [5.41, 5.74) is 3.18. The SMILES string of the molecule is Cn1cc(S(=O)(=O)NNc2ccc(Cl)cc2)cn1. The molecule has 8 heteroatoms. The molecule has 0 aliphatic heterocycles. The van der Waals surface area contributed by atoms with Gasteiger partial charge in [-0.25, -0.2) is 8.42 Å². The fourth-order valence-corrected chi connectivity index (χ4v) is 2.23. The molecule has 0 radical (unpaired) electrons. The molecule has 18 heavy (non-hydrogen) atoms. The minimum absolute atomic E-state index is 0.0893. The highest BCUT2D eigenvalue weighted by molar-refractivity contribution is 7.89. The lowest BCUT2D eigenvalue weighted by atomic mass is 10.3. The van der Waals surface area contributed by atoms with Crippen LogP contribution in [0.2, 0.25) is 5.02 Å². The first kappa shape index (κ1) is 12.9. The largest absolute Gasteiger partial charge is 0.308 e. The molecule has 0 aliphatic rings. The summed E-state index contributed by atoms with van der Waals surface area (Å²) >= 11 is 5.72. The maximum atomic E-state index is 11.8. The van der Waals surface area contributed by atoms with Crippen LogP contribution >= 0.6 is 11.6 Å². The van der Waals surface area contributed by atoms with Gasteiger partial charge in [0.15, 0.2) is 0 Å². The van der Waals surface area contributed by atoms with Gasteiger partial charge in [0.1, 0.15) is 4.90 Å². The summed E-state index contributed by atoms with van der Waals surface area (Å²) in [6.07, 6.45) is 2.68. The van der Waals surface area contributed by atoms with E-state index in [4.69, 9.17) is 11.6 Å². The van der Waals surface area contributed by atoms with E-state index < -0.39 is 10.0 Å². The monoisotopic (exact) mass is 286 g/mol. The first-order valence-electron chi connectivity index (χ1n) is 4.99. The molecule has 1 aromatic heterocycles. The van der Waals surface area contributed by atoms with Gasteiger partial charge in [-0.1, -0.05) is 11.6 Å². The maximum absolute atomic E-state index is 11.8. The number of rotatable bonds is 4. The highest BCUT2D eigenvalue weighted by Crippen LogP contribution is 2.13.